The van der Waals surface area contributed by atoms with Gasteiger partial charge in [0.15, 0.2) is 6.10 Å². The Hall–Kier alpha value is -3.28. The van der Waals surface area contributed by atoms with Crippen LogP contribution >= 0.6 is 0 Å². The van der Waals surface area contributed by atoms with Gasteiger partial charge in [-0.25, -0.2) is 4.79 Å². The van der Waals surface area contributed by atoms with Crippen molar-refractivity contribution in [2.75, 3.05) is 0 Å². The van der Waals surface area contributed by atoms with E-state index in [0.717, 1.165) is 6.42 Å². The second-order valence-corrected chi connectivity index (χ2v) is 5.78. The quantitative estimate of drug-likeness (QED) is 0.720. The highest BCUT2D eigenvalue weighted by Crippen LogP contribution is 2.24. The molecule has 6 nitrogen and oxygen atoms in total. The summed E-state index contributed by atoms with van der Waals surface area (Å²) in [6.07, 6.45) is 1.15. The predicted molar refractivity (Wildman–Crippen MR) is 96.1 cm³/mol. The van der Waals surface area contributed by atoms with Crippen LogP contribution < -0.4 is 14.9 Å². The van der Waals surface area contributed by atoms with Crippen molar-refractivity contribution in [3.8, 4) is 17.2 Å². The second-order valence-electron chi connectivity index (χ2n) is 5.78. The third-order valence-electron chi connectivity index (χ3n) is 3.93. The number of aliphatic carboxylic acids is 1. The molecule has 1 unspecified atom stereocenters. The van der Waals surface area contributed by atoms with Gasteiger partial charge in [0.1, 0.15) is 23.3 Å². The zero-order chi connectivity index (χ0) is 18.7. The summed E-state index contributed by atoms with van der Waals surface area (Å²) in [5.74, 6) is -0.151. The van der Waals surface area contributed by atoms with Crippen LogP contribution in [0.25, 0.3) is 11.0 Å². The Morgan fingerprint density at radius 3 is 2.50 bits per heavy atom. The smallest absolute Gasteiger partial charge is 0.344 e. The molecule has 2 aromatic carbocycles. The summed E-state index contributed by atoms with van der Waals surface area (Å²) in [4.78, 5) is 23.4. The summed E-state index contributed by atoms with van der Waals surface area (Å²) in [5, 5.41) is 9.22. The standard InChI is InChI=1S/C20H18O6/c1-3-13-4-6-14(7-5-13)26-18-11-24-17-10-15(25-12(2)20(22)23)8-9-16(17)19(18)21/h4-12H,3H2,1-2H3,(H,22,23). The molecule has 0 aliphatic rings. The molecule has 6 heteroatoms. The third kappa shape index (κ3) is 3.69. The first-order valence-electron chi connectivity index (χ1n) is 8.19. The summed E-state index contributed by atoms with van der Waals surface area (Å²) in [6.45, 7) is 3.48. The maximum Gasteiger partial charge on any atom is 0.344 e. The van der Waals surface area contributed by atoms with Crippen LogP contribution in [0.4, 0.5) is 0 Å². The first-order chi connectivity index (χ1) is 12.5. The van der Waals surface area contributed by atoms with Crippen LogP contribution in [-0.4, -0.2) is 17.2 Å². The van der Waals surface area contributed by atoms with E-state index in [1.165, 1.54) is 36.9 Å². The molecular formula is C20H18O6. The van der Waals surface area contributed by atoms with Crippen molar-refractivity contribution in [2.45, 2.75) is 26.4 Å². The van der Waals surface area contributed by atoms with E-state index in [1.54, 1.807) is 12.1 Å². The van der Waals surface area contributed by atoms with Crippen molar-refractivity contribution in [3.63, 3.8) is 0 Å². The molecular weight excluding hydrogens is 336 g/mol. The van der Waals surface area contributed by atoms with Crippen LogP contribution in [-0.2, 0) is 11.2 Å². The number of hydrogen-bond donors (Lipinski definition) is 1. The Balaban J connectivity index is 1.88. The molecule has 3 rings (SSSR count). The van der Waals surface area contributed by atoms with Crippen LogP contribution in [0.2, 0.25) is 0 Å². The number of carbonyl (C=O) groups is 1. The minimum atomic E-state index is -1.08. The van der Waals surface area contributed by atoms with Gasteiger partial charge in [0.2, 0.25) is 11.2 Å². The van der Waals surface area contributed by atoms with Gasteiger partial charge in [-0.2, -0.15) is 0 Å². The molecule has 0 radical (unpaired) electrons. The number of hydrogen-bond acceptors (Lipinski definition) is 5. The second kappa shape index (κ2) is 7.31. The molecule has 134 valence electrons. The van der Waals surface area contributed by atoms with Crippen molar-refractivity contribution < 1.29 is 23.8 Å². The summed E-state index contributed by atoms with van der Waals surface area (Å²) in [7, 11) is 0. The lowest BCUT2D eigenvalue weighted by Gasteiger charge is -2.11. The molecule has 0 aliphatic heterocycles. The van der Waals surface area contributed by atoms with E-state index in [-0.39, 0.29) is 11.2 Å². The van der Waals surface area contributed by atoms with Crippen molar-refractivity contribution in [3.05, 3.63) is 64.5 Å². The van der Waals surface area contributed by atoms with E-state index in [2.05, 4.69) is 6.92 Å². The van der Waals surface area contributed by atoms with Crippen molar-refractivity contribution in [2.24, 2.45) is 0 Å². The molecule has 0 spiro atoms. The van der Waals surface area contributed by atoms with Crippen LogP contribution in [0, 0.1) is 0 Å². The van der Waals surface area contributed by atoms with Crippen LogP contribution in [0.15, 0.2) is 57.9 Å². The number of carboxylic acids is 1. The van der Waals surface area contributed by atoms with Gasteiger partial charge in [-0.05, 0) is 43.2 Å². The average Bonchev–Trinajstić information content (AvgIpc) is 2.64. The number of benzene rings is 2. The van der Waals surface area contributed by atoms with E-state index in [1.807, 2.05) is 12.1 Å². The maximum atomic E-state index is 12.6. The lowest BCUT2D eigenvalue weighted by atomic mass is 10.2. The summed E-state index contributed by atoms with van der Waals surface area (Å²) in [6, 6.07) is 12.0. The van der Waals surface area contributed by atoms with Crippen LogP contribution in [0.5, 0.6) is 17.2 Å². The summed E-state index contributed by atoms with van der Waals surface area (Å²) >= 11 is 0. The van der Waals surface area contributed by atoms with Gasteiger partial charge in [-0.15, -0.1) is 0 Å². The lowest BCUT2D eigenvalue weighted by Crippen LogP contribution is -2.22. The molecule has 1 atom stereocenters. The van der Waals surface area contributed by atoms with Crippen molar-refractivity contribution >= 4 is 16.9 Å². The van der Waals surface area contributed by atoms with Gasteiger partial charge in [0.25, 0.3) is 0 Å². The predicted octanol–water partition coefficient (Wildman–Crippen LogP) is 4.00. The SMILES string of the molecule is CCc1ccc(Oc2coc3cc(OC(C)C(=O)O)ccc3c2=O)cc1. The normalized spacial score (nSPS) is 11.9. The largest absolute Gasteiger partial charge is 0.479 e. The Morgan fingerprint density at radius 1 is 1.15 bits per heavy atom. The van der Waals surface area contributed by atoms with Crippen LogP contribution in [0.1, 0.15) is 19.4 Å². The Bertz CT molecular complexity index is 987. The zero-order valence-electron chi connectivity index (χ0n) is 14.4. The fraction of sp³-hybridized carbons (Fsp3) is 0.200. The minimum Gasteiger partial charge on any atom is -0.479 e. The van der Waals surface area contributed by atoms with E-state index in [9.17, 15) is 9.59 Å². The van der Waals surface area contributed by atoms with Crippen LogP contribution in [0.3, 0.4) is 0 Å². The molecule has 0 bridgehead atoms. The van der Waals surface area contributed by atoms with Gasteiger partial charge in [-0.3, -0.25) is 4.79 Å². The minimum absolute atomic E-state index is 0.0781. The highest BCUT2D eigenvalue weighted by Gasteiger charge is 2.14. The molecule has 26 heavy (non-hydrogen) atoms. The fourth-order valence-corrected chi connectivity index (χ4v) is 2.41. The summed E-state index contributed by atoms with van der Waals surface area (Å²) < 4.78 is 16.4. The lowest BCUT2D eigenvalue weighted by molar-refractivity contribution is -0.144. The molecule has 0 aliphatic carbocycles. The average molecular weight is 354 g/mol. The van der Waals surface area contributed by atoms with Gasteiger partial charge in [-0.1, -0.05) is 19.1 Å². The number of carboxylic acid groups (broad SMARTS) is 1. The molecule has 0 saturated heterocycles. The van der Waals surface area contributed by atoms with E-state index >= 15 is 0 Å². The van der Waals surface area contributed by atoms with Gasteiger partial charge in [0, 0.05) is 6.07 Å². The Kier molecular flexibility index (Phi) is 4.93. The monoisotopic (exact) mass is 354 g/mol. The molecule has 0 saturated carbocycles. The topological polar surface area (TPSA) is 86.0 Å². The fourth-order valence-electron chi connectivity index (χ4n) is 2.41. The summed E-state index contributed by atoms with van der Waals surface area (Å²) in [5.41, 5.74) is 1.15. The zero-order valence-corrected chi connectivity index (χ0v) is 14.4. The maximum absolute atomic E-state index is 12.6. The van der Waals surface area contributed by atoms with E-state index in [4.69, 9.17) is 19.0 Å². The van der Waals surface area contributed by atoms with Gasteiger partial charge >= 0.3 is 5.97 Å². The number of ether oxygens (including phenoxy) is 2. The highest BCUT2D eigenvalue weighted by atomic mass is 16.5. The molecule has 0 fully saturated rings. The number of aryl methyl sites for hydroxylation is 1. The molecule has 1 N–H and O–H groups in total. The first-order valence-corrected chi connectivity index (χ1v) is 8.19. The van der Waals surface area contributed by atoms with Gasteiger partial charge in [0.05, 0.1) is 5.39 Å². The first kappa shape index (κ1) is 17.5. The Morgan fingerprint density at radius 2 is 1.85 bits per heavy atom. The molecule has 1 aromatic heterocycles. The molecule has 0 amide bonds. The van der Waals surface area contributed by atoms with Gasteiger partial charge < -0.3 is 19.0 Å². The number of rotatable bonds is 6. The number of fused-ring (bicyclic) bond motifs is 1. The highest BCUT2D eigenvalue weighted by molar-refractivity contribution is 5.79. The van der Waals surface area contributed by atoms with Crippen molar-refractivity contribution in [1.82, 2.24) is 0 Å². The van der Waals surface area contributed by atoms with E-state index < -0.39 is 12.1 Å². The third-order valence-corrected chi connectivity index (χ3v) is 3.93. The van der Waals surface area contributed by atoms with E-state index in [0.29, 0.717) is 22.5 Å². The molecule has 1 heterocycles. The van der Waals surface area contributed by atoms with Crippen molar-refractivity contribution in [1.29, 1.82) is 0 Å². The molecule has 3 aromatic rings. The Labute approximate surface area is 149 Å².